The van der Waals surface area contributed by atoms with Crippen molar-refractivity contribution < 1.29 is 0 Å². The molecule has 0 bridgehead atoms. The predicted molar refractivity (Wildman–Crippen MR) is 71.7 cm³/mol. The van der Waals surface area contributed by atoms with E-state index in [9.17, 15) is 0 Å². The fraction of sp³-hybridized carbons (Fsp3) is 0. The molecule has 1 aromatic heterocycles. The molecule has 0 spiro atoms. The van der Waals surface area contributed by atoms with Crippen LogP contribution in [0.15, 0.2) is 53.9 Å². The van der Waals surface area contributed by atoms with Crippen LogP contribution in [0.1, 0.15) is 5.56 Å². The zero-order valence-corrected chi connectivity index (χ0v) is 9.63. The molecular formula is C15H11S. The van der Waals surface area contributed by atoms with Crippen molar-refractivity contribution in [2.75, 3.05) is 0 Å². The highest BCUT2D eigenvalue weighted by molar-refractivity contribution is 7.15. The number of hydrogen-bond acceptors (Lipinski definition) is 1. The Morgan fingerprint density at radius 1 is 0.875 bits per heavy atom. The summed E-state index contributed by atoms with van der Waals surface area (Å²) in [5.41, 5.74) is 2.34. The molecule has 0 aliphatic carbocycles. The molecule has 3 aromatic rings. The van der Waals surface area contributed by atoms with Gasteiger partial charge >= 0.3 is 0 Å². The molecule has 0 N–H and O–H groups in total. The molecule has 0 fully saturated rings. The highest BCUT2D eigenvalue weighted by atomic mass is 32.1. The van der Waals surface area contributed by atoms with E-state index in [4.69, 9.17) is 0 Å². The zero-order chi connectivity index (χ0) is 11.0. The third kappa shape index (κ3) is 1.44. The highest BCUT2D eigenvalue weighted by Crippen LogP contribution is 2.36. The lowest BCUT2D eigenvalue weighted by atomic mass is 10.0. The lowest BCUT2D eigenvalue weighted by Gasteiger charge is -2.03. The summed E-state index contributed by atoms with van der Waals surface area (Å²) >= 11 is 1.79. The fourth-order valence-electron chi connectivity index (χ4n) is 1.94. The first-order chi connectivity index (χ1) is 7.86. The van der Waals surface area contributed by atoms with E-state index >= 15 is 0 Å². The van der Waals surface area contributed by atoms with E-state index in [2.05, 4.69) is 54.8 Å². The van der Waals surface area contributed by atoms with Gasteiger partial charge in [-0.15, -0.1) is 11.3 Å². The van der Waals surface area contributed by atoms with Gasteiger partial charge in [0, 0.05) is 10.3 Å². The summed E-state index contributed by atoms with van der Waals surface area (Å²) in [6, 6.07) is 16.8. The van der Waals surface area contributed by atoms with Crippen LogP contribution in [0.5, 0.6) is 0 Å². The van der Waals surface area contributed by atoms with Crippen molar-refractivity contribution in [2.24, 2.45) is 0 Å². The maximum absolute atomic E-state index is 4.09. The first kappa shape index (κ1) is 9.61. The number of rotatable bonds is 1. The van der Waals surface area contributed by atoms with Crippen LogP contribution >= 0.6 is 11.3 Å². The maximum Gasteiger partial charge on any atom is 0.0424 e. The number of benzene rings is 2. The largest absolute Gasteiger partial charge is 0.143 e. The van der Waals surface area contributed by atoms with E-state index < -0.39 is 0 Å². The van der Waals surface area contributed by atoms with Crippen LogP contribution in [-0.2, 0) is 0 Å². The van der Waals surface area contributed by atoms with Crippen LogP contribution in [0.3, 0.4) is 0 Å². The molecule has 0 saturated carbocycles. The van der Waals surface area contributed by atoms with Crippen LogP contribution in [0.2, 0.25) is 0 Å². The second kappa shape index (κ2) is 3.76. The van der Waals surface area contributed by atoms with E-state index in [0.29, 0.717) is 0 Å². The Morgan fingerprint density at radius 3 is 2.50 bits per heavy atom. The number of fused-ring (bicyclic) bond motifs is 1. The molecule has 0 amide bonds. The third-order valence-corrected chi connectivity index (χ3v) is 3.82. The Labute approximate surface area is 99.2 Å². The van der Waals surface area contributed by atoms with Gasteiger partial charge in [-0.1, -0.05) is 48.5 Å². The number of hydrogen-bond donors (Lipinski definition) is 0. The third-order valence-electron chi connectivity index (χ3n) is 2.77. The minimum absolute atomic E-state index is 1.09. The van der Waals surface area contributed by atoms with Crippen LogP contribution < -0.4 is 0 Å². The summed E-state index contributed by atoms with van der Waals surface area (Å²) in [6.07, 6.45) is 0. The van der Waals surface area contributed by atoms with E-state index in [-0.39, 0.29) is 0 Å². The normalized spacial score (nSPS) is 10.8. The van der Waals surface area contributed by atoms with Crippen molar-refractivity contribution in [3.05, 3.63) is 66.4 Å². The molecule has 77 valence electrons. The molecule has 1 heterocycles. The van der Waals surface area contributed by atoms with Gasteiger partial charge in [0.15, 0.2) is 0 Å². The minimum atomic E-state index is 1.09. The molecular weight excluding hydrogens is 212 g/mol. The second-order valence-electron chi connectivity index (χ2n) is 3.81. The van der Waals surface area contributed by atoms with E-state index in [1.807, 2.05) is 6.07 Å². The van der Waals surface area contributed by atoms with E-state index in [1.54, 1.807) is 11.3 Å². The van der Waals surface area contributed by atoms with Crippen LogP contribution in [0.25, 0.3) is 21.2 Å². The average Bonchev–Trinajstić information content (AvgIpc) is 2.74. The van der Waals surface area contributed by atoms with Gasteiger partial charge in [-0.05, 0) is 28.8 Å². The standard InChI is InChI=1S/C15H11S/c1-11-6-2-4-8-13(11)15-14-9-5-3-7-12(14)10-16-15/h2-10H,1H2. The fourth-order valence-corrected chi connectivity index (χ4v) is 3.03. The summed E-state index contributed by atoms with van der Waals surface area (Å²) in [7, 11) is 0. The SMILES string of the molecule is [CH2]c1ccccc1-c1scc2ccccc12. The molecule has 0 atom stereocenters. The molecule has 2 aromatic carbocycles. The summed E-state index contributed by atoms with van der Waals surface area (Å²) in [4.78, 5) is 1.32. The molecule has 0 saturated heterocycles. The first-order valence-corrected chi connectivity index (χ1v) is 6.12. The summed E-state index contributed by atoms with van der Waals surface area (Å²) in [5.74, 6) is 0. The van der Waals surface area contributed by atoms with Crippen LogP contribution in [0.4, 0.5) is 0 Å². The van der Waals surface area contributed by atoms with Crippen molar-refractivity contribution >= 4 is 22.1 Å². The van der Waals surface area contributed by atoms with Gasteiger partial charge < -0.3 is 0 Å². The van der Waals surface area contributed by atoms with Crippen LogP contribution in [0, 0.1) is 6.92 Å². The molecule has 0 aliphatic heterocycles. The smallest absolute Gasteiger partial charge is 0.0424 e. The topological polar surface area (TPSA) is 0 Å². The molecule has 16 heavy (non-hydrogen) atoms. The van der Waals surface area contributed by atoms with Gasteiger partial charge in [0.05, 0.1) is 0 Å². The Morgan fingerprint density at radius 2 is 1.62 bits per heavy atom. The molecule has 3 rings (SSSR count). The van der Waals surface area contributed by atoms with E-state index in [0.717, 1.165) is 5.56 Å². The molecule has 1 radical (unpaired) electrons. The quantitative estimate of drug-likeness (QED) is 0.558. The molecule has 1 heteroatoms. The second-order valence-corrected chi connectivity index (χ2v) is 4.69. The maximum atomic E-state index is 4.09. The van der Waals surface area contributed by atoms with E-state index in [1.165, 1.54) is 21.2 Å². The van der Waals surface area contributed by atoms with Crippen molar-refractivity contribution in [1.29, 1.82) is 0 Å². The van der Waals surface area contributed by atoms with Gasteiger partial charge in [0.2, 0.25) is 0 Å². The summed E-state index contributed by atoms with van der Waals surface area (Å²) < 4.78 is 0. The van der Waals surface area contributed by atoms with Gasteiger partial charge in [-0.2, -0.15) is 0 Å². The lowest BCUT2D eigenvalue weighted by molar-refractivity contribution is 1.62. The van der Waals surface area contributed by atoms with Crippen molar-refractivity contribution in [3.63, 3.8) is 0 Å². The Bertz CT molecular complexity index is 634. The minimum Gasteiger partial charge on any atom is -0.143 e. The van der Waals surface area contributed by atoms with Crippen molar-refractivity contribution in [2.45, 2.75) is 0 Å². The summed E-state index contributed by atoms with van der Waals surface area (Å²) in [6.45, 7) is 4.09. The molecule has 0 nitrogen and oxygen atoms in total. The zero-order valence-electron chi connectivity index (χ0n) is 8.81. The highest BCUT2D eigenvalue weighted by Gasteiger charge is 2.07. The number of thiophene rings is 1. The monoisotopic (exact) mass is 223 g/mol. The molecule has 0 aliphatic rings. The van der Waals surface area contributed by atoms with Gasteiger partial charge in [-0.3, -0.25) is 0 Å². The molecule has 0 unspecified atom stereocenters. The van der Waals surface area contributed by atoms with Gasteiger partial charge in [0.25, 0.3) is 0 Å². The first-order valence-electron chi connectivity index (χ1n) is 5.24. The summed E-state index contributed by atoms with van der Waals surface area (Å²) in [5, 5.41) is 4.84. The Hall–Kier alpha value is -1.60. The van der Waals surface area contributed by atoms with Crippen LogP contribution in [-0.4, -0.2) is 0 Å². The van der Waals surface area contributed by atoms with Gasteiger partial charge in [0.1, 0.15) is 0 Å². The van der Waals surface area contributed by atoms with Gasteiger partial charge in [-0.25, -0.2) is 0 Å². The van der Waals surface area contributed by atoms with Crippen molar-refractivity contribution in [1.82, 2.24) is 0 Å². The Balaban J connectivity index is 2.31. The predicted octanol–water partition coefficient (Wildman–Crippen LogP) is 4.75. The average molecular weight is 223 g/mol. The Kier molecular flexibility index (Phi) is 2.26. The lowest BCUT2D eigenvalue weighted by Crippen LogP contribution is -1.79. The van der Waals surface area contributed by atoms with Crippen molar-refractivity contribution in [3.8, 4) is 10.4 Å².